The van der Waals surface area contributed by atoms with Crippen LogP contribution in [-0.2, 0) is 14.3 Å². The van der Waals surface area contributed by atoms with E-state index in [0.29, 0.717) is 17.5 Å². The zero-order chi connectivity index (χ0) is 28.3. The minimum atomic E-state index is -0.722. The fourth-order valence-corrected chi connectivity index (χ4v) is 4.57. The van der Waals surface area contributed by atoms with E-state index in [9.17, 15) is 29.3 Å². The van der Waals surface area contributed by atoms with Crippen molar-refractivity contribution in [3.05, 3.63) is 79.9 Å². The van der Waals surface area contributed by atoms with Gasteiger partial charge < -0.3 is 19.2 Å². The number of carbonyl (C=O) groups excluding carboxylic acids is 4. The highest BCUT2D eigenvalue weighted by Gasteiger charge is 2.36. The molecule has 4 rings (SSSR count). The first-order valence-corrected chi connectivity index (χ1v) is 12.2. The van der Waals surface area contributed by atoms with Crippen molar-refractivity contribution < 1.29 is 38.0 Å². The molecule has 0 bridgehead atoms. The summed E-state index contributed by atoms with van der Waals surface area (Å²) in [5.74, 6) is -1.47. The zero-order valence-corrected chi connectivity index (χ0v) is 21.8. The second kappa shape index (κ2) is 11.4. The molecule has 0 spiro atoms. The van der Waals surface area contributed by atoms with Crippen molar-refractivity contribution in [1.82, 2.24) is 4.90 Å². The number of esters is 1. The maximum Gasteiger partial charge on any atom is 0.339 e. The molecule has 1 aromatic heterocycles. The number of nitrogens with zero attached hydrogens (tertiary/aromatic N) is 2. The van der Waals surface area contributed by atoms with Crippen molar-refractivity contribution in [2.75, 3.05) is 26.1 Å². The molecule has 1 aliphatic rings. The molecule has 0 unspecified atom stereocenters. The van der Waals surface area contributed by atoms with Crippen LogP contribution in [0, 0.1) is 10.1 Å². The summed E-state index contributed by atoms with van der Waals surface area (Å²) in [6.45, 7) is -0.584. The topological polar surface area (TPSA) is 158 Å². The number of benzene rings is 2. The summed E-state index contributed by atoms with van der Waals surface area (Å²) in [5, 5.41) is 13.4. The van der Waals surface area contributed by atoms with Crippen LogP contribution in [0.2, 0.25) is 5.02 Å². The zero-order valence-electron chi connectivity index (χ0n) is 20.3. The van der Waals surface area contributed by atoms with E-state index < -0.39 is 34.5 Å². The third kappa shape index (κ3) is 5.94. The van der Waals surface area contributed by atoms with E-state index in [-0.39, 0.29) is 43.9 Å². The minimum absolute atomic E-state index is 0.00241. The predicted molar refractivity (Wildman–Crippen MR) is 141 cm³/mol. The summed E-state index contributed by atoms with van der Waals surface area (Å²) in [6, 6.07) is 11.4. The van der Waals surface area contributed by atoms with Crippen LogP contribution >= 0.6 is 23.4 Å². The molecule has 1 saturated heterocycles. The van der Waals surface area contributed by atoms with Gasteiger partial charge in [-0.15, -0.1) is 0 Å². The molecule has 0 radical (unpaired) electrons. The van der Waals surface area contributed by atoms with Crippen LogP contribution in [0.15, 0.2) is 57.9 Å². The Morgan fingerprint density at radius 1 is 1.15 bits per heavy atom. The first kappa shape index (κ1) is 27.4. The molecule has 1 aliphatic heterocycles. The van der Waals surface area contributed by atoms with Gasteiger partial charge in [0.25, 0.3) is 16.8 Å². The van der Waals surface area contributed by atoms with Gasteiger partial charge in [0, 0.05) is 11.8 Å². The van der Waals surface area contributed by atoms with Crippen molar-refractivity contribution in [1.29, 1.82) is 0 Å². The smallest absolute Gasteiger partial charge is 0.339 e. The summed E-state index contributed by atoms with van der Waals surface area (Å²) in [5.41, 5.74) is 0.204. The van der Waals surface area contributed by atoms with E-state index in [2.05, 4.69) is 10.1 Å². The number of hydrogen-bond acceptors (Lipinski definition) is 10. The van der Waals surface area contributed by atoms with Crippen molar-refractivity contribution in [3.63, 3.8) is 0 Å². The van der Waals surface area contributed by atoms with E-state index in [1.165, 1.54) is 62.8 Å². The second-order valence-corrected chi connectivity index (χ2v) is 9.24. The van der Waals surface area contributed by atoms with Gasteiger partial charge in [0.15, 0.2) is 0 Å². The van der Waals surface area contributed by atoms with Crippen LogP contribution in [0.1, 0.15) is 16.1 Å². The molecule has 3 aromatic rings. The summed E-state index contributed by atoms with van der Waals surface area (Å²) in [4.78, 5) is 61.3. The fourth-order valence-electron chi connectivity index (χ4n) is 3.55. The molecule has 14 heteroatoms. The lowest BCUT2D eigenvalue weighted by Gasteiger charge is -2.13. The van der Waals surface area contributed by atoms with Gasteiger partial charge >= 0.3 is 5.97 Å². The van der Waals surface area contributed by atoms with Crippen molar-refractivity contribution >= 4 is 63.8 Å². The number of halogens is 1. The van der Waals surface area contributed by atoms with Gasteiger partial charge in [0.1, 0.15) is 23.8 Å². The van der Waals surface area contributed by atoms with Crippen LogP contribution in [0.5, 0.6) is 5.75 Å². The number of anilines is 1. The monoisotopic (exact) mass is 571 g/mol. The Labute approximate surface area is 229 Å². The Bertz CT molecular complexity index is 1550. The Morgan fingerprint density at radius 2 is 1.92 bits per heavy atom. The molecule has 200 valence electrons. The number of furan rings is 1. The molecular weight excluding hydrogens is 554 g/mol. The predicted octanol–water partition coefficient (Wildman–Crippen LogP) is 4.98. The molecule has 0 saturated carbocycles. The van der Waals surface area contributed by atoms with Crippen LogP contribution in [0.4, 0.5) is 16.2 Å². The van der Waals surface area contributed by atoms with E-state index in [4.69, 9.17) is 20.8 Å². The first-order valence-electron chi connectivity index (χ1n) is 11.0. The van der Waals surface area contributed by atoms with E-state index in [1.807, 2.05) is 0 Å². The molecule has 1 N–H and O–H groups in total. The Hall–Kier alpha value is -4.62. The fraction of sp³-hybridized carbons (Fsp3) is 0.120. The molecule has 2 heterocycles. The minimum Gasteiger partial charge on any atom is -0.497 e. The van der Waals surface area contributed by atoms with Gasteiger partial charge in [-0.2, -0.15) is 0 Å². The number of thioether (sulfide) groups is 1. The molecule has 0 atom stereocenters. The summed E-state index contributed by atoms with van der Waals surface area (Å²) >= 11 is 6.58. The third-order valence-corrected chi connectivity index (χ3v) is 6.63. The number of carbonyl (C=O) groups is 4. The lowest BCUT2D eigenvalue weighted by molar-refractivity contribution is -0.384. The van der Waals surface area contributed by atoms with Gasteiger partial charge in [-0.25, -0.2) is 4.79 Å². The normalized spacial score (nSPS) is 14.0. The molecule has 39 heavy (non-hydrogen) atoms. The van der Waals surface area contributed by atoms with Crippen LogP contribution < -0.4 is 10.1 Å². The number of ether oxygens (including phenoxy) is 2. The average molecular weight is 572 g/mol. The van der Waals surface area contributed by atoms with Gasteiger partial charge in [-0.1, -0.05) is 11.6 Å². The quantitative estimate of drug-likeness (QED) is 0.169. The first-order chi connectivity index (χ1) is 18.6. The molecule has 2 aromatic carbocycles. The summed E-state index contributed by atoms with van der Waals surface area (Å²) < 4.78 is 15.4. The SMILES string of the molecule is COC(=O)c1cc(NC(=O)CN2C(=O)S/C(=C/c3ccc(-c4ccc(OC)cc4[N+](=O)[O-])o3)C2=O)ccc1Cl. The number of rotatable bonds is 8. The summed E-state index contributed by atoms with van der Waals surface area (Å²) in [6.07, 6.45) is 1.31. The van der Waals surface area contributed by atoms with Gasteiger partial charge in [-0.05, 0) is 54.2 Å². The standard InChI is InChI=1S/C25H18ClN3O9S/c1-36-14-4-6-16(19(10-14)29(34)35)20-8-5-15(38-20)11-21-23(31)28(25(33)39-21)12-22(30)27-13-3-7-18(26)17(9-13)24(32)37-2/h3-11H,12H2,1-2H3,(H,27,30)/b21-11+. The van der Waals surface area contributed by atoms with Gasteiger partial charge in [0.05, 0.1) is 46.3 Å². The lowest BCUT2D eigenvalue weighted by Crippen LogP contribution is -2.36. The lowest BCUT2D eigenvalue weighted by atomic mass is 10.1. The number of methoxy groups -OCH3 is 2. The Balaban J connectivity index is 1.48. The maximum absolute atomic E-state index is 12.8. The number of nitrogens with one attached hydrogen (secondary N) is 1. The van der Waals surface area contributed by atoms with Crippen molar-refractivity contribution in [3.8, 4) is 17.1 Å². The number of nitro benzene ring substituents is 1. The third-order valence-electron chi connectivity index (χ3n) is 5.40. The molecule has 3 amide bonds. The van der Waals surface area contributed by atoms with Crippen molar-refractivity contribution in [2.24, 2.45) is 0 Å². The van der Waals surface area contributed by atoms with Crippen LogP contribution in [0.25, 0.3) is 17.4 Å². The molecule has 1 fully saturated rings. The molecule has 0 aliphatic carbocycles. The van der Waals surface area contributed by atoms with Gasteiger partial charge in [-0.3, -0.25) is 29.4 Å². The highest BCUT2D eigenvalue weighted by atomic mass is 35.5. The summed E-state index contributed by atoms with van der Waals surface area (Å²) in [7, 11) is 2.57. The largest absolute Gasteiger partial charge is 0.497 e. The van der Waals surface area contributed by atoms with E-state index in [1.54, 1.807) is 6.07 Å². The maximum atomic E-state index is 12.8. The highest BCUT2D eigenvalue weighted by molar-refractivity contribution is 8.18. The number of imide groups is 1. The van der Waals surface area contributed by atoms with E-state index in [0.717, 1.165) is 4.90 Å². The van der Waals surface area contributed by atoms with Crippen molar-refractivity contribution in [2.45, 2.75) is 0 Å². The number of amides is 3. The molecule has 12 nitrogen and oxygen atoms in total. The van der Waals surface area contributed by atoms with Crippen LogP contribution in [-0.4, -0.2) is 53.6 Å². The molecular formula is C25H18ClN3O9S. The van der Waals surface area contributed by atoms with Crippen LogP contribution in [0.3, 0.4) is 0 Å². The van der Waals surface area contributed by atoms with E-state index >= 15 is 0 Å². The number of nitro groups is 1. The highest BCUT2D eigenvalue weighted by Crippen LogP contribution is 2.36. The Morgan fingerprint density at radius 3 is 2.62 bits per heavy atom. The average Bonchev–Trinajstić information content (AvgIpc) is 3.48. The second-order valence-electron chi connectivity index (χ2n) is 7.84. The Kier molecular flexibility index (Phi) is 8.02. The number of hydrogen-bond donors (Lipinski definition) is 1. The van der Waals surface area contributed by atoms with Gasteiger partial charge in [0.2, 0.25) is 5.91 Å².